The van der Waals surface area contributed by atoms with Crippen LogP contribution in [0.15, 0.2) is 77.9 Å². The molecule has 0 fully saturated rings. The number of benzene rings is 3. The molecule has 188 valence electrons. The Hall–Kier alpha value is -4.73. The summed E-state index contributed by atoms with van der Waals surface area (Å²) in [6, 6.07) is 22.6. The lowest BCUT2D eigenvalue weighted by Crippen LogP contribution is -2.31. The van der Waals surface area contributed by atoms with Crippen LogP contribution in [0.4, 0.5) is 0 Å². The van der Waals surface area contributed by atoms with E-state index < -0.39 is 0 Å². The Morgan fingerprint density at radius 3 is 2.35 bits per heavy atom. The van der Waals surface area contributed by atoms with E-state index in [0.717, 1.165) is 22.6 Å². The molecule has 1 aliphatic rings. The highest BCUT2D eigenvalue weighted by molar-refractivity contribution is 6.03. The van der Waals surface area contributed by atoms with Crippen molar-refractivity contribution in [1.29, 1.82) is 0 Å². The van der Waals surface area contributed by atoms with Crippen LogP contribution in [0.25, 0.3) is 11.4 Å². The minimum absolute atomic E-state index is 0.113. The predicted octanol–water partition coefficient (Wildman–Crippen LogP) is 3.74. The van der Waals surface area contributed by atoms with Gasteiger partial charge in [-0.2, -0.15) is 9.90 Å². The van der Waals surface area contributed by atoms with E-state index in [4.69, 9.17) is 19.3 Å². The predicted molar refractivity (Wildman–Crippen MR) is 137 cm³/mol. The maximum absolute atomic E-state index is 13.5. The molecule has 0 aliphatic carbocycles. The zero-order valence-corrected chi connectivity index (χ0v) is 20.7. The number of nitrogens with zero attached hydrogens (tertiary/aromatic N) is 6. The van der Waals surface area contributed by atoms with Gasteiger partial charge in [0.2, 0.25) is 5.82 Å². The summed E-state index contributed by atoms with van der Waals surface area (Å²) >= 11 is 0. The Bertz CT molecular complexity index is 1420. The van der Waals surface area contributed by atoms with Gasteiger partial charge in [-0.1, -0.05) is 42.5 Å². The molecule has 1 atom stereocenters. The highest BCUT2D eigenvalue weighted by Gasteiger charge is 2.33. The first-order valence-corrected chi connectivity index (χ1v) is 11.7. The second kappa shape index (κ2) is 10.5. The Kier molecular flexibility index (Phi) is 6.80. The van der Waals surface area contributed by atoms with E-state index in [1.165, 1.54) is 9.81 Å². The van der Waals surface area contributed by atoms with Gasteiger partial charge in [0.25, 0.3) is 5.91 Å². The highest BCUT2D eigenvalue weighted by Crippen LogP contribution is 2.34. The lowest BCUT2D eigenvalue weighted by molar-refractivity contribution is -0.134. The topological polar surface area (TPSA) is 104 Å². The molecule has 10 heteroatoms. The van der Waals surface area contributed by atoms with Crippen LogP contribution in [0.5, 0.6) is 17.2 Å². The fraction of sp³-hybridized carbons (Fsp3) is 0.222. The standard InChI is InChI=1S/C27H26N6O4/c1-35-21-12-9-19(10-13-21)23-16-22(18-7-5-4-6-8-18)29-33(23)26(34)17-32-30-27(28-31-32)20-11-14-24(36-2)25(15-20)37-3/h4-15,23H,16-17H2,1-3H3/t23-/m0/s1. The quantitative estimate of drug-likeness (QED) is 0.364. The van der Waals surface area contributed by atoms with Crippen molar-refractivity contribution < 1.29 is 19.0 Å². The number of ether oxygens (including phenoxy) is 3. The van der Waals surface area contributed by atoms with E-state index in [9.17, 15) is 4.79 Å². The van der Waals surface area contributed by atoms with Crippen molar-refractivity contribution in [2.45, 2.75) is 19.0 Å². The molecule has 1 amide bonds. The molecule has 0 spiro atoms. The molecule has 0 saturated carbocycles. The number of hydrazone groups is 1. The van der Waals surface area contributed by atoms with Crippen molar-refractivity contribution in [3.05, 3.63) is 83.9 Å². The number of hydrogen-bond acceptors (Lipinski definition) is 8. The van der Waals surface area contributed by atoms with Gasteiger partial charge in [-0.3, -0.25) is 4.79 Å². The molecule has 0 N–H and O–H groups in total. The van der Waals surface area contributed by atoms with Crippen LogP contribution in [0.3, 0.4) is 0 Å². The molecule has 10 nitrogen and oxygen atoms in total. The summed E-state index contributed by atoms with van der Waals surface area (Å²) < 4.78 is 15.9. The minimum atomic E-state index is -0.262. The number of tetrazole rings is 1. The molecule has 1 aromatic heterocycles. The van der Waals surface area contributed by atoms with Crippen molar-refractivity contribution in [1.82, 2.24) is 25.2 Å². The Morgan fingerprint density at radius 1 is 0.892 bits per heavy atom. The Labute approximate surface area is 214 Å². The molecule has 1 aliphatic heterocycles. The summed E-state index contributed by atoms with van der Waals surface area (Å²) in [6.45, 7) is -0.113. The lowest BCUT2D eigenvalue weighted by atomic mass is 9.98. The molecule has 3 aromatic carbocycles. The van der Waals surface area contributed by atoms with Crippen LogP contribution in [0, 0.1) is 0 Å². The Morgan fingerprint density at radius 2 is 1.65 bits per heavy atom. The zero-order valence-electron chi connectivity index (χ0n) is 20.7. The van der Waals surface area contributed by atoms with E-state index in [1.807, 2.05) is 54.6 Å². The van der Waals surface area contributed by atoms with Crippen LogP contribution in [-0.4, -0.2) is 58.2 Å². The number of carbonyl (C=O) groups is 1. The van der Waals surface area contributed by atoms with Gasteiger partial charge in [-0.15, -0.1) is 10.2 Å². The van der Waals surface area contributed by atoms with Crippen LogP contribution >= 0.6 is 0 Å². The third-order valence-corrected chi connectivity index (χ3v) is 6.14. The third kappa shape index (κ3) is 4.99. The molecule has 5 rings (SSSR count). The van der Waals surface area contributed by atoms with E-state index in [-0.39, 0.29) is 18.5 Å². The largest absolute Gasteiger partial charge is 0.497 e. The summed E-state index contributed by atoms with van der Waals surface area (Å²) in [5.74, 6) is 2.02. The van der Waals surface area contributed by atoms with E-state index in [2.05, 4.69) is 15.4 Å². The van der Waals surface area contributed by atoms with Crippen molar-refractivity contribution >= 4 is 11.6 Å². The summed E-state index contributed by atoms with van der Waals surface area (Å²) in [5, 5.41) is 18.8. The second-order valence-corrected chi connectivity index (χ2v) is 8.36. The number of rotatable bonds is 8. The van der Waals surface area contributed by atoms with Gasteiger partial charge >= 0.3 is 0 Å². The highest BCUT2D eigenvalue weighted by atomic mass is 16.5. The van der Waals surface area contributed by atoms with Gasteiger partial charge in [0.1, 0.15) is 12.3 Å². The number of aromatic nitrogens is 4. The average Bonchev–Trinajstić information content (AvgIpc) is 3.61. The van der Waals surface area contributed by atoms with Crippen molar-refractivity contribution in [3.8, 4) is 28.6 Å². The summed E-state index contributed by atoms with van der Waals surface area (Å²) in [4.78, 5) is 14.7. The summed E-state index contributed by atoms with van der Waals surface area (Å²) in [5.41, 5.74) is 3.47. The van der Waals surface area contributed by atoms with Crippen molar-refractivity contribution in [3.63, 3.8) is 0 Å². The van der Waals surface area contributed by atoms with Gasteiger partial charge in [0.05, 0.1) is 33.1 Å². The fourth-order valence-corrected chi connectivity index (χ4v) is 4.23. The number of carbonyl (C=O) groups excluding carboxylic acids is 1. The first kappa shape index (κ1) is 24.0. The van der Waals surface area contributed by atoms with E-state index in [0.29, 0.717) is 29.3 Å². The number of amides is 1. The van der Waals surface area contributed by atoms with Gasteiger partial charge in [-0.25, -0.2) is 5.01 Å². The molecular formula is C27H26N6O4. The molecule has 0 unspecified atom stereocenters. The molecule has 4 aromatic rings. The monoisotopic (exact) mass is 498 g/mol. The number of hydrogen-bond donors (Lipinski definition) is 0. The van der Waals surface area contributed by atoms with Crippen LogP contribution in [-0.2, 0) is 11.3 Å². The third-order valence-electron chi connectivity index (χ3n) is 6.14. The Balaban J connectivity index is 1.39. The summed E-state index contributed by atoms with van der Waals surface area (Å²) in [6.07, 6.45) is 0.587. The molecule has 2 heterocycles. The maximum Gasteiger partial charge on any atom is 0.266 e. The van der Waals surface area contributed by atoms with Crippen LogP contribution in [0.2, 0.25) is 0 Å². The first-order valence-electron chi connectivity index (χ1n) is 11.7. The summed E-state index contributed by atoms with van der Waals surface area (Å²) in [7, 11) is 4.75. The molecule has 0 radical (unpaired) electrons. The average molecular weight is 499 g/mol. The SMILES string of the molecule is COc1ccc([C@@H]2CC(c3ccccc3)=NN2C(=O)Cn2nnc(-c3ccc(OC)c(OC)c3)n2)cc1. The fourth-order valence-electron chi connectivity index (χ4n) is 4.23. The second-order valence-electron chi connectivity index (χ2n) is 8.36. The molecular weight excluding hydrogens is 472 g/mol. The van der Waals surface area contributed by atoms with Crippen molar-refractivity contribution in [2.24, 2.45) is 5.10 Å². The zero-order chi connectivity index (χ0) is 25.8. The van der Waals surface area contributed by atoms with E-state index >= 15 is 0 Å². The van der Waals surface area contributed by atoms with Crippen molar-refractivity contribution in [2.75, 3.05) is 21.3 Å². The molecule has 0 saturated heterocycles. The number of methoxy groups -OCH3 is 3. The van der Waals surface area contributed by atoms with Crippen LogP contribution in [0.1, 0.15) is 23.6 Å². The molecule has 37 heavy (non-hydrogen) atoms. The van der Waals surface area contributed by atoms with Gasteiger partial charge in [-0.05, 0) is 46.7 Å². The first-order chi connectivity index (χ1) is 18.1. The normalized spacial score (nSPS) is 14.8. The molecule has 0 bridgehead atoms. The maximum atomic E-state index is 13.5. The van der Waals surface area contributed by atoms with Gasteiger partial charge in [0.15, 0.2) is 11.5 Å². The van der Waals surface area contributed by atoms with Gasteiger partial charge < -0.3 is 14.2 Å². The lowest BCUT2D eigenvalue weighted by Gasteiger charge is -2.22. The smallest absolute Gasteiger partial charge is 0.266 e. The van der Waals surface area contributed by atoms with Crippen LogP contribution < -0.4 is 14.2 Å². The minimum Gasteiger partial charge on any atom is -0.497 e. The van der Waals surface area contributed by atoms with E-state index in [1.54, 1.807) is 39.5 Å². The van der Waals surface area contributed by atoms with Gasteiger partial charge in [0, 0.05) is 12.0 Å².